The summed E-state index contributed by atoms with van der Waals surface area (Å²) in [7, 11) is 0. The van der Waals surface area contributed by atoms with Gasteiger partial charge in [0.2, 0.25) is 0 Å². The van der Waals surface area contributed by atoms with Gasteiger partial charge in [-0.2, -0.15) is 0 Å². The second-order valence-electron chi connectivity index (χ2n) is 13.7. The molecule has 6 nitrogen and oxygen atoms in total. The summed E-state index contributed by atoms with van der Waals surface area (Å²) >= 11 is -0.0892. The van der Waals surface area contributed by atoms with Crippen molar-refractivity contribution in [3.63, 3.8) is 0 Å². The molecule has 0 bridgehead atoms. The van der Waals surface area contributed by atoms with Gasteiger partial charge in [-0.25, -0.2) is 0 Å². The molecular formula is C42H54O6Se3. The van der Waals surface area contributed by atoms with E-state index in [0.29, 0.717) is 39.6 Å². The first-order chi connectivity index (χ1) is 25.1. The average Bonchev–Trinajstić information content (AvgIpc) is 3.83. The zero-order valence-corrected chi connectivity index (χ0v) is 36.5. The van der Waals surface area contributed by atoms with Gasteiger partial charge in [0, 0.05) is 0 Å². The summed E-state index contributed by atoms with van der Waals surface area (Å²) in [4.78, 5) is 0. The van der Waals surface area contributed by atoms with Crippen LogP contribution in [0.4, 0.5) is 0 Å². The zero-order chi connectivity index (χ0) is 35.5. The van der Waals surface area contributed by atoms with Gasteiger partial charge in [0.05, 0.1) is 0 Å². The molecule has 0 saturated carbocycles. The Bertz CT molecular complexity index is 1740. The van der Waals surface area contributed by atoms with Crippen LogP contribution in [0.25, 0.3) is 57.9 Å². The molecule has 3 heterocycles. The maximum atomic E-state index is 6.89. The minimum absolute atomic E-state index is 0.0297. The van der Waals surface area contributed by atoms with Gasteiger partial charge in [-0.05, 0) is 0 Å². The van der Waals surface area contributed by atoms with Crippen LogP contribution in [-0.4, -0.2) is 83.2 Å². The Morgan fingerprint density at radius 1 is 0.275 bits per heavy atom. The second-order valence-corrected chi connectivity index (χ2v) is 20.1. The van der Waals surface area contributed by atoms with E-state index in [1.165, 1.54) is 57.9 Å². The first-order valence-corrected chi connectivity index (χ1v) is 24.8. The molecule has 0 amide bonds. The zero-order valence-electron chi connectivity index (χ0n) is 31.4. The molecule has 0 atom stereocenters. The van der Waals surface area contributed by atoms with E-state index in [-0.39, 0.29) is 43.5 Å². The Labute approximate surface area is 320 Å². The van der Waals surface area contributed by atoms with Crippen molar-refractivity contribution in [2.24, 2.45) is 0 Å². The first kappa shape index (κ1) is 37.3. The van der Waals surface area contributed by atoms with Crippen molar-refractivity contribution in [2.45, 2.75) is 119 Å². The second kappa shape index (κ2) is 17.0. The summed E-state index contributed by atoms with van der Waals surface area (Å²) in [6, 6.07) is 0. The molecule has 3 aromatic heterocycles. The predicted octanol–water partition coefficient (Wildman–Crippen LogP) is 11.2. The predicted molar refractivity (Wildman–Crippen MR) is 218 cm³/mol. The molecule has 7 rings (SSSR count). The standard InChI is InChI=1S/C42H54O6Se3/c1-7-13-19-43-31-32(44-20-14-8-2)38-26-25-27-29-30-28(26)40(50-38)35(47-23-17-11-5)36(48-24-18-12-6)42(30)51-41(29)34(46-22-16-10-4)33(45-21-15-9-3)39(27)49-37(25)31/h7-24H2,1-6H3. The van der Waals surface area contributed by atoms with Crippen molar-refractivity contribution in [2.75, 3.05) is 39.6 Å². The number of ether oxygens (including phenoxy) is 6. The summed E-state index contributed by atoms with van der Waals surface area (Å²) in [5.74, 6) is 5.92. The molecule has 0 aliphatic carbocycles. The van der Waals surface area contributed by atoms with E-state index < -0.39 is 0 Å². The molecular weight excluding hydrogens is 837 g/mol. The van der Waals surface area contributed by atoms with Gasteiger partial charge in [-0.1, -0.05) is 0 Å². The fourth-order valence-corrected chi connectivity index (χ4v) is 15.2. The van der Waals surface area contributed by atoms with Gasteiger partial charge in [-0.15, -0.1) is 0 Å². The van der Waals surface area contributed by atoms with Gasteiger partial charge in [-0.3, -0.25) is 0 Å². The summed E-state index contributed by atoms with van der Waals surface area (Å²) in [6.45, 7) is 17.6. The normalized spacial score (nSPS) is 12.4. The average molecular weight is 892 g/mol. The van der Waals surface area contributed by atoms with Crippen LogP contribution in [0.3, 0.4) is 0 Å². The molecule has 0 aliphatic rings. The molecule has 0 radical (unpaired) electrons. The molecule has 0 fully saturated rings. The van der Waals surface area contributed by atoms with Crippen molar-refractivity contribution in [3.05, 3.63) is 0 Å². The number of hydrogen-bond acceptors (Lipinski definition) is 6. The molecule has 0 saturated heterocycles. The monoisotopic (exact) mass is 894 g/mol. The molecule has 51 heavy (non-hydrogen) atoms. The number of hydrogen-bond donors (Lipinski definition) is 0. The van der Waals surface area contributed by atoms with Crippen molar-refractivity contribution >= 4 is 101 Å². The van der Waals surface area contributed by atoms with E-state index in [0.717, 1.165) is 112 Å². The fourth-order valence-electron chi connectivity index (χ4n) is 7.00. The molecule has 0 unspecified atom stereocenters. The van der Waals surface area contributed by atoms with Crippen LogP contribution >= 0.6 is 0 Å². The Kier molecular flexibility index (Phi) is 12.4. The van der Waals surface area contributed by atoms with Crippen molar-refractivity contribution < 1.29 is 28.4 Å². The molecule has 0 spiro atoms. The summed E-state index contributed by atoms with van der Waals surface area (Å²) in [6.07, 6.45) is 12.7. The Morgan fingerprint density at radius 3 is 0.569 bits per heavy atom. The maximum absolute atomic E-state index is 6.89. The third-order valence-electron chi connectivity index (χ3n) is 9.80. The number of rotatable bonds is 24. The van der Waals surface area contributed by atoms with Crippen LogP contribution in [0.2, 0.25) is 0 Å². The fraction of sp³-hybridized carbons (Fsp3) is 0.571. The van der Waals surface area contributed by atoms with Gasteiger partial charge >= 0.3 is 323 Å². The minimum atomic E-state index is -0.0297. The SMILES string of the molecule is CCCCOc1c(OCCCC)c2[se]c3c(OCCCC)c(OCCCC)c4[se]c5c(OCCCC)c(OCCCC)c6[se]c1c1c2c3c4c5c61. The van der Waals surface area contributed by atoms with Gasteiger partial charge in [0.25, 0.3) is 0 Å². The topological polar surface area (TPSA) is 55.4 Å². The molecule has 0 N–H and O–H groups in total. The van der Waals surface area contributed by atoms with Crippen LogP contribution in [0.1, 0.15) is 119 Å². The summed E-state index contributed by atoms with van der Waals surface area (Å²) in [5.41, 5.74) is 0. The van der Waals surface area contributed by atoms with E-state index in [4.69, 9.17) is 28.4 Å². The number of benzene rings is 4. The van der Waals surface area contributed by atoms with Crippen molar-refractivity contribution in [1.29, 1.82) is 0 Å². The van der Waals surface area contributed by atoms with Gasteiger partial charge in [0.1, 0.15) is 0 Å². The van der Waals surface area contributed by atoms with Gasteiger partial charge < -0.3 is 0 Å². The Balaban J connectivity index is 1.65. The van der Waals surface area contributed by atoms with Crippen LogP contribution in [-0.2, 0) is 0 Å². The van der Waals surface area contributed by atoms with E-state index in [1.54, 1.807) is 0 Å². The van der Waals surface area contributed by atoms with Crippen LogP contribution in [0.15, 0.2) is 0 Å². The van der Waals surface area contributed by atoms with Crippen LogP contribution < -0.4 is 28.4 Å². The molecule has 0 aliphatic heterocycles. The van der Waals surface area contributed by atoms with E-state index in [1.807, 2.05) is 0 Å². The quantitative estimate of drug-likeness (QED) is 0.0342. The molecule has 276 valence electrons. The third-order valence-corrected chi connectivity index (χ3v) is 17.3. The number of unbranched alkanes of at least 4 members (excludes halogenated alkanes) is 6. The Morgan fingerprint density at radius 2 is 0.431 bits per heavy atom. The van der Waals surface area contributed by atoms with Crippen LogP contribution in [0.5, 0.6) is 34.5 Å². The van der Waals surface area contributed by atoms with Crippen molar-refractivity contribution in [1.82, 2.24) is 0 Å². The van der Waals surface area contributed by atoms with E-state index in [2.05, 4.69) is 41.5 Å². The van der Waals surface area contributed by atoms with E-state index in [9.17, 15) is 0 Å². The van der Waals surface area contributed by atoms with Crippen LogP contribution in [0, 0.1) is 0 Å². The van der Waals surface area contributed by atoms with Gasteiger partial charge in [0.15, 0.2) is 0 Å². The molecule has 4 aromatic carbocycles. The molecule has 9 heteroatoms. The Hall–Kier alpha value is -1.98. The summed E-state index contributed by atoms with van der Waals surface area (Å²) < 4.78 is 49.3. The first-order valence-electron chi connectivity index (χ1n) is 19.7. The van der Waals surface area contributed by atoms with E-state index >= 15 is 0 Å². The van der Waals surface area contributed by atoms with Crippen molar-refractivity contribution in [3.8, 4) is 34.5 Å². The summed E-state index contributed by atoms with van der Waals surface area (Å²) in [5, 5.41) is 8.34. The third kappa shape index (κ3) is 6.61. The molecule has 7 aromatic rings.